The summed E-state index contributed by atoms with van der Waals surface area (Å²) in [7, 11) is 1.65. The van der Waals surface area contributed by atoms with Gasteiger partial charge in [-0.05, 0) is 31.2 Å². The lowest BCUT2D eigenvalue weighted by Crippen LogP contribution is -2.44. The van der Waals surface area contributed by atoms with Crippen LogP contribution in [0.25, 0.3) is 0 Å². The third-order valence-corrected chi connectivity index (χ3v) is 3.89. The van der Waals surface area contributed by atoms with Gasteiger partial charge in [-0.3, -0.25) is 4.90 Å². The molecule has 1 aliphatic heterocycles. The van der Waals surface area contributed by atoms with Crippen LogP contribution in [0.4, 0.5) is 0 Å². The van der Waals surface area contributed by atoms with Gasteiger partial charge in [-0.25, -0.2) is 0 Å². The van der Waals surface area contributed by atoms with E-state index >= 15 is 0 Å². The Morgan fingerprint density at radius 3 is 2.74 bits per heavy atom. The molecule has 0 radical (unpaired) electrons. The summed E-state index contributed by atoms with van der Waals surface area (Å²) in [6, 6.07) is 11.7. The van der Waals surface area contributed by atoms with Crippen LogP contribution < -0.4 is 9.47 Å². The van der Waals surface area contributed by atoms with E-state index in [1.54, 1.807) is 7.11 Å². The summed E-state index contributed by atoms with van der Waals surface area (Å²) < 4.78 is 22.6. The molecule has 0 saturated carbocycles. The Kier molecular flexibility index (Phi) is 5.20. The van der Waals surface area contributed by atoms with E-state index in [9.17, 15) is 0 Å². The molecular formula is C18H23NO4. The molecule has 2 heterocycles. The predicted octanol–water partition coefficient (Wildman–Crippen LogP) is 2.88. The van der Waals surface area contributed by atoms with Crippen molar-refractivity contribution in [3.63, 3.8) is 0 Å². The average Bonchev–Trinajstić information content (AvgIpc) is 2.98. The summed E-state index contributed by atoms with van der Waals surface area (Å²) in [4.78, 5) is 2.33. The molecule has 0 amide bonds. The first-order valence-electron chi connectivity index (χ1n) is 7.89. The minimum atomic E-state index is 0.0460. The Morgan fingerprint density at radius 1 is 1.17 bits per heavy atom. The van der Waals surface area contributed by atoms with Crippen LogP contribution in [0.1, 0.15) is 11.5 Å². The van der Waals surface area contributed by atoms with Gasteiger partial charge in [0.05, 0.1) is 20.3 Å². The summed E-state index contributed by atoms with van der Waals surface area (Å²) >= 11 is 0. The molecule has 1 atom stereocenters. The number of para-hydroxylation sites is 2. The monoisotopic (exact) mass is 317 g/mol. The molecule has 1 aliphatic rings. The van der Waals surface area contributed by atoms with Gasteiger partial charge in [0.2, 0.25) is 0 Å². The van der Waals surface area contributed by atoms with Crippen LogP contribution >= 0.6 is 0 Å². The van der Waals surface area contributed by atoms with E-state index in [4.69, 9.17) is 18.6 Å². The molecule has 2 aromatic rings. The number of rotatable bonds is 6. The molecule has 0 bridgehead atoms. The Morgan fingerprint density at radius 2 is 2.00 bits per heavy atom. The van der Waals surface area contributed by atoms with Crippen LogP contribution in [-0.2, 0) is 11.3 Å². The molecule has 1 saturated heterocycles. The van der Waals surface area contributed by atoms with Gasteiger partial charge in [0.25, 0.3) is 0 Å². The number of furan rings is 1. The van der Waals surface area contributed by atoms with Crippen molar-refractivity contribution in [3.05, 3.63) is 47.9 Å². The molecule has 1 unspecified atom stereocenters. The van der Waals surface area contributed by atoms with E-state index in [1.807, 2.05) is 43.3 Å². The van der Waals surface area contributed by atoms with Gasteiger partial charge in [0.1, 0.15) is 24.2 Å². The fraction of sp³-hybridized carbons (Fsp3) is 0.444. The Bertz CT molecular complexity index is 625. The fourth-order valence-electron chi connectivity index (χ4n) is 2.74. The van der Waals surface area contributed by atoms with Gasteiger partial charge in [0, 0.05) is 13.1 Å². The Hall–Kier alpha value is -1.98. The van der Waals surface area contributed by atoms with Gasteiger partial charge < -0.3 is 18.6 Å². The zero-order valence-electron chi connectivity index (χ0n) is 13.7. The first-order valence-corrected chi connectivity index (χ1v) is 7.89. The molecule has 23 heavy (non-hydrogen) atoms. The van der Waals surface area contributed by atoms with Gasteiger partial charge in [-0.2, -0.15) is 0 Å². The minimum Gasteiger partial charge on any atom is -0.493 e. The van der Waals surface area contributed by atoms with Gasteiger partial charge in [-0.1, -0.05) is 12.1 Å². The molecule has 124 valence electrons. The number of benzene rings is 1. The molecule has 5 nitrogen and oxygen atoms in total. The molecular weight excluding hydrogens is 294 g/mol. The predicted molar refractivity (Wildman–Crippen MR) is 87.0 cm³/mol. The minimum absolute atomic E-state index is 0.0460. The van der Waals surface area contributed by atoms with Crippen LogP contribution in [0, 0.1) is 6.92 Å². The van der Waals surface area contributed by atoms with Gasteiger partial charge in [0.15, 0.2) is 11.5 Å². The van der Waals surface area contributed by atoms with E-state index in [1.165, 1.54) is 0 Å². The second-order valence-corrected chi connectivity index (χ2v) is 5.70. The number of nitrogens with zero attached hydrogens (tertiary/aromatic N) is 1. The van der Waals surface area contributed by atoms with Crippen LogP contribution in [0.15, 0.2) is 40.8 Å². The van der Waals surface area contributed by atoms with Gasteiger partial charge in [-0.15, -0.1) is 0 Å². The zero-order valence-corrected chi connectivity index (χ0v) is 13.7. The first-order chi connectivity index (χ1) is 11.2. The van der Waals surface area contributed by atoms with E-state index in [0.717, 1.165) is 42.7 Å². The first kappa shape index (κ1) is 15.9. The number of morpholine rings is 1. The van der Waals surface area contributed by atoms with Crippen molar-refractivity contribution < 1.29 is 18.6 Å². The highest BCUT2D eigenvalue weighted by Gasteiger charge is 2.22. The highest BCUT2D eigenvalue weighted by atomic mass is 16.5. The van der Waals surface area contributed by atoms with Crippen molar-refractivity contribution in [3.8, 4) is 11.5 Å². The van der Waals surface area contributed by atoms with Crippen LogP contribution in [-0.4, -0.2) is 44.4 Å². The lowest BCUT2D eigenvalue weighted by atomic mass is 10.2. The maximum absolute atomic E-state index is 5.87. The van der Waals surface area contributed by atoms with E-state index < -0.39 is 0 Å². The standard InChI is InChI=1S/C18H23NO4/c1-14-7-8-15(23-14)11-19-9-10-21-16(12-19)13-22-18-6-4-3-5-17(18)20-2/h3-8,16H,9-13H2,1-2H3. The van der Waals surface area contributed by atoms with Crippen LogP contribution in [0.3, 0.4) is 0 Å². The van der Waals surface area contributed by atoms with E-state index in [0.29, 0.717) is 13.2 Å². The second-order valence-electron chi connectivity index (χ2n) is 5.70. The molecule has 5 heteroatoms. The summed E-state index contributed by atoms with van der Waals surface area (Å²) in [6.45, 7) is 5.72. The van der Waals surface area contributed by atoms with E-state index in [-0.39, 0.29) is 6.10 Å². The van der Waals surface area contributed by atoms with Crippen molar-refractivity contribution in [1.29, 1.82) is 0 Å². The van der Waals surface area contributed by atoms with Crippen molar-refractivity contribution in [2.75, 3.05) is 33.4 Å². The highest BCUT2D eigenvalue weighted by Crippen LogP contribution is 2.26. The van der Waals surface area contributed by atoms with Crippen LogP contribution in [0.5, 0.6) is 11.5 Å². The SMILES string of the molecule is COc1ccccc1OCC1CN(Cc2ccc(C)o2)CCO1. The Balaban J connectivity index is 1.52. The zero-order chi connectivity index (χ0) is 16.1. The summed E-state index contributed by atoms with van der Waals surface area (Å²) in [5.74, 6) is 3.43. The number of ether oxygens (including phenoxy) is 3. The smallest absolute Gasteiger partial charge is 0.161 e. The van der Waals surface area contributed by atoms with Crippen molar-refractivity contribution in [1.82, 2.24) is 4.90 Å². The number of aryl methyl sites for hydroxylation is 1. The van der Waals surface area contributed by atoms with Crippen molar-refractivity contribution >= 4 is 0 Å². The number of hydrogen-bond donors (Lipinski definition) is 0. The molecule has 0 spiro atoms. The number of hydrogen-bond acceptors (Lipinski definition) is 5. The van der Waals surface area contributed by atoms with E-state index in [2.05, 4.69) is 4.90 Å². The normalized spacial score (nSPS) is 18.8. The highest BCUT2D eigenvalue weighted by molar-refractivity contribution is 5.39. The summed E-state index contributed by atoms with van der Waals surface area (Å²) in [5, 5.41) is 0. The molecule has 1 fully saturated rings. The third kappa shape index (κ3) is 4.27. The molecule has 0 N–H and O–H groups in total. The molecule has 1 aromatic heterocycles. The quantitative estimate of drug-likeness (QED) is 0.820. The molecule has 1 aromatic carbocycles. The average molecular weight is 317 g/mol. The van der Waals surface area contributed by atoms with Gasteiger partial charge >= 0.3 is 0 Å². The molecule has 3 rings (SSSR count). The lowest BCUT2D eigenvalue weighted by Gasteiger charge is -2.32. The van der Waals surface area contributed by atoms with Crippen molar-refractivity contribution in [2.45, 2.75) is 19.6 Å². The maximum atomic E-state index is 5.87. The maximum Gasteiger partial charge on any atom is 0.161 e. The largest absolute Gasteiger partial charge is 0.493 e. The summed E-state index contributed by atoms with van der Waals surface area (Å²) in [6.07, 6.45) is 0.0460. The topological polar surface area (TPSA) is 44.1 Å². The third-order valence-electron chi connectivity index (χ3n) is 3.89. The second kappa shape index (κ2) is 7.53. The molecule has 0 aliphatic carbocycles. The number of methoxy groups -OCH3 is 1. The lowest BCUT2D eigenvalue weighted by molar-refractivity contribution is -0.0521. The van der Waals surface area contributed by atoms with Crippen LogP contribution in [0.2, 0.25) is 0 Å². The summed E-state index contributed by atoms with van der Waals surface area (Å²) in [5.41, 5.74) is 0. The fourth-order valence-corrected chi connectivity index (χ4v) is 2.74. The van der Waals surface area contributed by atoms with Crippen molar-refractivity contribution in [2.24, 2.45) is 0 Å². The Labute approximate surface area is 136 Å².